The molecule has 266 valence electrons. The van der Waals surface area contributed by atoms with Gasteiger partial charge < -0.3 is 24.1 Å². The number of hydrogen-bond acceptors (Lipinski definition) is 9. The van der Waals surface area contributed by atoms with E-state index in [1.54, 1.807) is 24.3 Å². The predicted molar refractivity (Wildman–Crippen MR) is 189 cm³/mol. The van der Waals surface area contributed by atoms with Gasteiger partial charge >= 0.3 is 12.1 Å². The Morgan fingerprint density at radius 1 is 1.00 bits per heavy atom. The van der Waals surface area contributed by atoms with Crippen molar-refractivity contribution in [2.75, 3.05) is 59.7 Å². The van der Waals surface area contributed by atoms with Crippen molar-refractivity contribution >= 4 is 57.9 Å². The van der Waals surface area contributed by atoms with Gasteiger partial charge in [0.2, 0.25) is 0 Å². The Morgan fingerprint density at radius 3 is 2.40 bits per heavy atom. The predicted octanol–water partition coefficient (Wildman–Crippen LogP) is 7.50. The maximum Gasteiger partial charge on any atom is 0.416 e. The Hall–Kier alpha value is -3.82. The normalized spacial score (nSPS) is 16.3. The number of carboxylic acid groups (broad SMARTS) is 1. The lowest BCUT2D eigenvalue weighted by molar-refractivity contribution is -0.137. The number of carboxylic acids is 1. The molecule has 50 heavy (non-hydrogen) atoms. The van der Waals surface area contributed by atoms with Gasteiger partial charge in [-0.2, -0.15) is 13.2 Å². The second-order valence-corrected chi connectivity index (χ2v) is 13.4. The third-order valence-electron chi connectivity index (χ3n) is 7.95. The van der Waals surface area contributed by atoms with Crippen molar-refractivity contribution in [2.24, 2.45) is 0 Å². The van der Waals surface area contributed by atoms with Crippen molar-refractivity contribution < 1.29 is 46.8 Å². The summed E-state index contributed by atoms with van der Waals surface area (Å²) in [6, 6.07) is 12.4. The first-order valence-corrected chi connectivity index (χ1v) is 17.3. The van der Waals surface area contributed by atoms with E-state index in [1.165, 1.54) is 36.3 Å². The Morgan fingerprint density at radius 2 is 1.70 bits per heavy atom. The topological polar surface area (TPSA) is 97.8 Å². The molecular weight excluding hydrogens is 717 g/mol. The number of thioether (sulfide) groups is 1. The zero-order valence-corrected chi connectivity index (χ0v) is 29.4. The van der Waals surface area contributed by atoms with Crippen LogP contribution in [-0.4, -0.2) is 90.8 Å². The van der Waals surface area contributed by atoms with Gasteiger partial charge in [0.25, 0.3) is 5.91 Å². The fourth-order valence-corrected chi connectivity index (χ4v) is 6.86. The lowest BCUT2D eigenvalue weighted by atomic mass is 9.99. The number of amides is 1. The van der Waals surface area contributed by atoms with Crippen molar-refractivity contribution in [3.63, 3.8) is 0 Å². The van der Waals surface area contributed by atoms with Crippen LogP contribution in [0.4, 0.5) is 13.2 Å². The number of carbonyl (C=O) groups is 2. The monoisotopic (exact) mass is 750 g/mol. The molecule has 0 radical (unpaired) electrons. The summed E-state index contributed by atoms with van der Waals surface area (Å²) in [6.07, 6.45) is -1.78. The highest BCUT2D eigenvalue weighted by Crippen LogP contribution is 2.39. The van der Waals surface area contributed by atoms with Crippen LogP contribution in [0, 0.1) is 0 Å². The average molecular weight is 751 g/mol. The lowest BCUT2D eigenvalue weighted by Gasteiger charge is -2.26. The number of thiocarbonyl (C=S) groups is 1. The molecule has 15 heteroatoms. The number of halogens is 4. The smallest absolute Gasteiger partial charge is 0.416 e. The van der Waals surface area contributed by atoms with Crippen molar-refractivity contribution in [2.45, 2.75) is 19.0 Å². The molecule has 9 nitrogen and oxygen atoms in total. The van der Waals surface area contributed by atoms with Crippen LogP contribution in [0.2, 0.25) is 5.02 Å². The van der Waals surface area contributed by atoms with E-state index in [0.717, 1.165) is 49.9 Å². The highest BCUT2D eigenvalue weighted by atomic mass is 35.5. The van der Waals surface area contributed by atoms with Crippen molar-refractivity contribution in [1.29, 1.82) is 0 Å². The Balaban J connectivity index is 1.31. The SMILES string of the molecule is COc1cc(C(=O)O)ccc1OCCCN1C(=O)C(=Cc2cc(-c3cc(C(F)(F)F)ccc3Cl)ccc2OCCCN2CCOCC2)SC1=S. The second-order valence-electron chi connectivity index (χ2n) is 11.3. The van der Waals surface area contributed by atoms with Crippen molar-refractivity contribution in [1.82, 2.24) is 9.80 Å². The van der Waals surface area contributed by atoms with Crippen LogP contribution in [0.15, 0.2) is 59.5 Å². The summed E-state index contributed by atoms with van der Waals surface area (Å²) in [5.74, 6) is -0.331. The molecule has 0 saturated carbocycles. The molecule has 5 rings (SSSR count). The van der Waals surface area contributed by atoms with Crippen LogP contribution in [0.1, 0.15) is 34.3 Å². The molecule has 2 aliphatic rings. The van der Waals surface area contributed by atoms with E-state index in [4.69, 9.17) is 42.8 Å². The minimum Gasteiger partial charge on any atom is -0.493 e. The number of benzene rings is 3. The van der Waals surface area contributed by atoms with E-state index in [9.17, 15) is 27.9 Å². The molecule has 0 unspecified atom stereocenters. The van der Waals surface area contributed by atoms with E-state index in [0.29, 0.717) is 58.1 Å². The molecule has 1 N–H and O–H groups in total. The molecule has 2 aliphatic heterocycles. The zero-order valence-electron chi connectivity index (χ0n) is 27.0. The number of methoxy groups -OCH3 is 1. The Bertz CT molecular complexity index is 1770. The Kier molecular flexibility index (Phi) is 12.7. The molecule has 3 aromatic carbocycles. The molecule has 2 heterocycles. The minimum atomic E-state index is -4.55. The lowest BCUT2D eigenvalue weighted by Crippen LogP contribution is -2.37. The summed E-state index contributed by atoms with van der Waals surface area (Å²) in [7, 11) is 1.41. The van der Waals surface area contributed by atoms with Gasteiger partial charge in [0, 0.05) is 42.3 Å². The summed E-state index contributed by atoms with van der Waals surface area (Å²) >= 11 is 13.0. The van der Waals surface area contributed by atoms with Crippen LogP contribution in [-0.2, 0) is 15.7 Å². The van der Waals surface area contributed by atoms with Crippen LogP contribution >= 0.6 is 35.6 Å². The van der Waals surface area contributed by atoms with Gasteiger partial charge in [0.15, 0.2) is 11.5 Å². The van der Waals surface area contributed by atoms with Gasteiger partial charge in [0.05, 0.1) is 49.6 Å². The average Bonchev–Trinajstić information content (AvgIpc) is 3.36. The van der Waals surface area contributed by atoms with Gasteiger partial charge in [-0.3, -0.25) is 14.6 Å². The number of morpholine rings is 1. The summed E-state index contributed by atoms with van der Waals surface area (Å²) < 4.78 is 63.6. The number of nitrogens with zero attached hydrogens (tertiary/aromatic N) is 2. The third kappa shape index (κ3) is 9.49. The van der Waals surface area contributed by atoms with Gasteiger partial charge in [-0.25, -0.2) is 4.79 Å². The number of ether oxygens (including phenoxy) is 4. The van der Waals surface area contributed by atoms with Crippen molar-refractivity contribution in [3.8, 4) is 28.4 Å². The molecular formula is C35H34ClF3N2O7S2. The summed E-state index contributed by atoms with van der Waals surface area (Å²) in [5, 5.41) is 9.36. The van der Waals surface area contributed by atoms with Gasteiger partial charge in [-0.1, -0.05) is 41.6 Å². The molecule has 0 spiro atoms. The number of alkyl halides is 3. The first-order chi connectivity index (χ1) is 23.9. The van der Waals surface area contributed by atoms with Gasteiger partial charge in [-0.15, -0.1) is 0 Å². The zero-order chi connectivity index (χ0) is 35.8. The van der Waals surface area contributed by atoms with E-state index in [1.807, 2.05) is 0 Å². The fourth-order valence-electron chi connectivity index (χ4n) is 5.34. The maximum atomic E-state index is 13.6. The highest BCUT2D eigenvalue weighted by Gasteiger charge is 2.33. The van der Waals surface area contributed by atoms with E-state index in [-0.39, 0.29) is 41.0 Å². The summed E-state index contributed by atoms with van der Waals surface area (Å²) in [6.45, 7) is 4.72. The number of hydrogen-bond donors (Lipinski definition) is 1. The molecule has 0 bridgehead atoms. The summed E-state index contributed by atoms with van der Waals surface area (Å²) in [4.78, 5) is 28.9. The van der Waals surface area contributed by atoms with Crippen LogP contribution in [0.5, 0.6) is 17.2 Å². The van der Waals surface area contributed by atoms with Crippen LogP contribution in [0.3, 0.4) is 0 Å². The second kappa shape index (κ2) is 16.9. The summed E-state index contributed by atoms with van der Waals surface area (Å²) in [5.41, 5.74) is 0.332. The molecule has 3 aromatic rings. The number of rotatable bonds is 14. The van der Waals surface area contributed by atoms with Crippen molar-refractivity contribution in [3.05, 3.63) is 81.2 Å². The molecule has 2 fully saturated rings. The Labute approximate surface area is 301 Å². The van der Waals surface area contributed by atoms with Gasteiger partial charge in [0.1, 0.15) is 10.1 Å². The molecule has 1 amide bonds. The van der Waals surface area contributed by atoms with E-state index >= 15 is 0 Å². The van der Waals surface area contributed by atoms with Gasteiger partial charge in [-0.05, 0) is 73.0 Å². The molecule has 2 saturated heterocycles. The fraction of sp³-hybridized carbons (Fsp3) is 0.343. The number of carbonyl (C=O) groups excluding carboxylic acids is 1. The minimum absolute atomic E-state index is 0.0589. The first kappa shape index (κ1) is 37.4. The highest BCUT2D eigenvalue weighted by molar-refractivity contribution is 8.26. The van der Waals surface area contributed by atoms with E-state index < -0.39 is 17.7 Å². The molecule has 0 aromatic heterocycles. The molecule has 0 atom stereocenters. The number of aromatic carboxylic acids is 1. The first-order valence-electron chi connectivity index (χ1n) is 15.7. The van der Waals surface area contributed by atoms with E-state index in [2.05, 4.69) is 4.90 Å². The standard InChI is InChI=1S/C35H34ClF3N2O7S2/c1-45-30-19-23(33(43)44)5-9-29(30)48-15-3-11-41-32(42)31(50-34(41)49)20-24-18-22(26-21-25(35(37,38)39)6-7-27(26)36)4-8-28(24)47-14-2-10-40-12-16-46-17-13-40/h4-9,18-21H,2-3,10-17H2,1H3,(H,43,44). The molecule has 0 aliphatic carbocycles. The third-order valence-corrected chi connectivity index (χ3v) is 9.66. The quantitative estimate of drug-likeness (QED) is 0.101. The van der Waals surface area contributed by atoms with Crippen LogP contribution in [0.25, 0.3) is 17.2 Å². The largest absolute Gasteiger partial charge is 0.493 e. The van der Waals surface area contributed by atoms with Crippen LogP contribution < -0.4 is 14.2 Å². The maximum absolute atomic E-state index is 13.6.